The average Bonchev–Trinajstić information content (AvgIpc) is 3.25. The average molecular weight is 507 g/mol. The molecule has 3 heterocycles. The fourth-order valence-corrected chi connectivity index (χ4v) is 4.38. The second kappa shape index (κ2) is 9.49. The Kier molecular flexibility index (Phi) is 6.08. The molecule has 0 spiro atoms. The molecule has 0 aliphatic carbocycles. The molecule has 1 aliphatic heterocycles. The number of rotatable bonds is 5. The second-order valence-electron chi connectivity index (χ2n) is 7.30. The molecule has 4 aromatic rings. The van der Waals surface area contributed by atoms with Crippen molar-refractivity contribution in [3.63, 3.8) is 0 Å². The summed E-state index contributed by atoms with van der Waals surface area (Å²) in [4.78, 5) is 31.8. The standard InChI is InChI=1S/C23H15ClN6O4S/c24-17-5-3-14(8-19(17)30(32)33)10-26-29-20(13-35-23(29)27-16-2-1-7-25-11-16)15-4-6-21-18(9-15)28-22(31)12-34-21/h1-11,13H,12H2,(H,28,31). The number of carbonyl (C=O) groups excluding carboxylic acids is 1. The van der Waals surface area contributed by atoms with Crippen LogP contribution in [-0.2, 0) is 4.79 Å². The molecule has 5 rings (SSSR count). The van der Waals surface area contributed by atoms with Gasteiger partial charge in [0.2, 0.25) is 4.80 Å². The number of aromatic nitrogens is 2. The van der Waals surface area contributed by atoms with E-state index in [2.05, 4.69) is 20.4 Å². The molecule has 10 nitrogen and oxygen atoms in total. The predicted octanol–water partition coefficient (Wildman–Crippen LogP) is 4.62. The van der Waals surface area contributed by atoms with Crippen LogP contribution in [0.5, 0.6) is 5.75 Å². The van der Waals surface area contributed by atoms with Crippen LogP contribution in [0.15, 0.2) is 76.4 Å². The number of ether oxygens (including phenoxy) is 1. The Balaban J connectivity index is 1.62. The number of hydrogen-bond acceptors (Lipinski definition) is 8. The minimum absolute atomic E-state index is 0.0313. The van der Waals surface area contributed by atoms with Crippen LogP contribution < -0.4 is 14.9 Å². The van der Waals surface area contributed by atoms with E-state index in [4.69, 9.17) is 16.3 Å². The van der Waals surface area contributed by atoms with E-state index in [1.54, 1.807) is 41.3 Å². The highest BCUT2D eigenvalue weighted by molar-refractivity contribution is 7.07. The fourth-order valence-electron chi connectivity index (χ4n) is 3.33. The quantitative estimate of drug-likeness (QED) is 0.240. The van der Waals surface area contributed by atoms with Gasteiger partial charge >= 0.3 is 0 Å². The van der Waals surface area contributed by atoms with Gasteiger partial charge in [0.25, 0.3) is 11.6 Å². The van der Waals surface area contributed by atoms with Gasteiger partial charge in [0.05, 0.1) is 34.4 Å². The monoisotopic (exact) mass is 506 g/mol. The maximum absolute atomic E-state index is 11.8. The number of hydrogen-bond donors (Lipinski definition) is 1. The first-order chi connectivity index (χ1) is 17.0. The zero-order chi connectivity index (χ0) is 24.4. The van der Waals surface area contributed by atoms with Crippen molar-refractivity contribution in [2.24, 2.45) is 10.1 Å². The summed E-state index contributed by atoms with van der Waals surface area (Å²) in [6.07, 6.45) is 4.77. The maximum Gasteiger partial charge on any atom is 0.288 e. The van der Waals surface area contributed by atoms with E-state index in [1.807, 2.05) is 17.5 Å². The van der Waals surface area contributed by atoms with Crippen LogP contribution in [0.2, 0.25) is 5.02 Å². The Bertz CT molecular complexity index is 1550. The number of nitro benzene ring substituents is 1. The number of anilines is 1. The van der Waals surface area contributed by atoms with Gasteiger partial charge in [-0.2, -0.15) is 5.10 Å². The maximum atomic E-state index is 11.8. The van der Waals surface area contributed by atoms with Gasteiger partial charge in [0.1, 0.15) is 10.8 Å². The molecule has 35 heavy (non-hydrogen) atoms. The van der Waals surface area contributed by atoms with Crippen LogP contribution >= 0.6 is 22.9 Å². The van der Waals surface area contributed by atoms with Crippen LogP contribution in [-0.4, -0.2) is 33.3 Å². The summed E-state index contributed by atoms with van der Waals surface area (Å²) in [5.41, 5.74) is 2.93. The lowest BCUT2D eigenvalue weighted by atomic mass is 10.1. The van der Waals surface area contributed by atoms with Gasteiger partial charge < -0.3 is 10.1 Å². The van der Waals surface area contributed by atoms with Gasteiger partial charge in [0.15, 0.2) is 6.61 Å². The highest BCUT2D eigenvalue weighted by Gasteiger charge is 2.18. The summed E-state index contributed by atoms with van der Waals surface area (Å²) in [5.74, 6) is 0.342. The third-order valence-corrected chi connectivity index (χ3v) is 6.09. The Labute approximate surface area is 207 Å². The Hall–Kier alpha value is -4.35. The summed E-state index contributed by atoms with van der Waals surface area (Å²) < 4.78 is 7.07. The van der Waals surface area contributed by atoms with Crippen molar-refractivity contribution in [1.29, 1.82) is 0 Å². The van der Waals surface area contributed by atoms with E-state index in [1.165, 1.54) is 29.7 Å². The van der Waals surface area contributed by atoms with Crippen LogP contribution in [0.3, 0.4) is 0 Å². The Morgan fingerprint density at radius 3 is 2.94 bits per heavy atom. The molecule has 174 valence electrons. The first kappa shape index (κ1) is 22.4. The fraction of sp³-hybridized carbons (Fsp3) is 0.0435. The highest BCUT2D eigenvalue weighted by atomic mass is 35.5. The van der Waals surface area contributed by atoms with E-state index < -0.39 is 4.92 Å². The molecule has 1 amide bonds. The Morgan fingerprint density at radius 1 is 1.26 bits per heavy atom. The van der Waals surface area contributed by atoms with Crippen molar-refractivity contribution in [3.05, 3.63) is 91.8 Å². The number of nitrogens with zero attached hydrogens (tertiary/aromatic N) is 5. The smallest absolute Gasteiger partial charge is 0.288 e. The number of nitrogens with one attached hydrogen (secondary N) is 1. The van der Waals surface area contributed by atoms with Gasteiger partial charge in [-0.05, 0) is 36.4 Å². The third kappa shape index (κ3) is 4.81. The zero-order valence-corrected chi connectivity index (χ0v) is 19.4. The molecule has 0 saturated heterocycles. The van der Waals surface area contributed by atoms with Crippen molar-refractivity contribution in [2.45, 2.75) is 0 Å². The lowest BCUT2D eigenvalue weighted by molar-refractivity contribution is -0.384. The molecule has 0 saturated carbocycles. The topological polar surface area (TPSA) is 124 Å². The first-order valence-electron chi connectivity index (χ1n) is 10.2. The van der Waals surface area contributed by atoms with Crippen molar-refractivity contribution in [2.75, 3.05) is 11.9 Å². The summed E-state index contributed by atoms with van der Waals surface area (Å²) in [6, 6.07) is 13.4. The second-order valence-corrected chi connectivity index (χ2v) is 8.54. The number of amides is 1. The molecule has 1 N–H and O–H groups in total. The van der Waals surface area contributed by atoms with Crippen LogP contribution in [0.1, 0.15) is 5.56 Å². The van der Waals surface area contributed by atoms with E-state index in [0.29, 0.717) is 33.2 Å². The van der Waals surface area contributed by atoms with Crippen LogP contribution in [0, 0.1) is 10.1 Å². The molecule has 0 fully saturated rings. The summed E-state index contributed by atoms with van der Waals surface area (Å²) in [7, 11) is 0. The van der Waals surface area contributed by atoms with E-state index in [-0.39, 0.29) is 23.2 Å². The van der Waals surface area contributed by atoms with Crippen LogP contribution in [0.4, 0.5) is 17.1 Å². The summed E-state index contributed by atoms with van der Waals surface area (Å²) in [5, 5.41) is 20.5. The third-order valence-electron chi connectivity index (χ3n) is 4.95. The van der Waals surface area contributed by atoms with E-state index >= 15 is 0 Å². The van der Waals surface area contributed by atoms with Crippen molar-refractivity contribution in [1.82, 2.24) is 9.66 Å². The van der Waals surface area contributed by atoms with Crippen molar-refractivity contribution >= 4 is 52.1 Å². The minimum atomic E-state index is -0.546. The Morgan fingerprint density at radius 2 is 2.14 bits per heavy atom. The van der Waals surface area contributed by atoms with E-state index in [9.17, 15) is 14.9 Å². The normalized spacial score (nSPS) is 13.4. The molecule has 12 heteroatoms. The number of thiazole rings is 1. The van der Waals surface area contributed by atoms with Gasteiger partial charge in [0, 0.05) is 28.8 Å². The van der Waals surface area contributed by atoms with Gasteiger partial charge in [-0.15, -0.1) is 11.3 Å². The van der Waals surface area contributed by atoms with Gasteiger partial charge in [-0.3, -0.25) is 19.9 Å². The number of fused-ring (bicyclic) bond motifs is 1. The van der Waals surface area contributed by atoms with E-state index in [0.717, 1.165) is 5.56 Å². The van der Waals surface area contributed by atoms with Crippen molar-refractivity contribution in [3.8, 4) is 17.0 Å². The largest absolute Gasteiger partial charge is 0.482 e. The van der Waals surface area contributed by atoms with Gasteiger partial charge in [-0.1, -0.05) is 17.7 Å². The molecular weight excluding hydrogens is 492 g/mol. The molecule has 0 atom stereocenters. The summed E-state index contributed by atoms with van der Waals surface area (Å²) in [6.45, 7) is -0.0313. The number of nitro groups is 1. The molecule has 0 bridgehead atoms. The predicted molar refractivity (Wildman–Crippen MR) is 132 cm³/mol. The lowest BCUT2D eigenvalue weighted by Crippen LogP contribution is -2.25. The SMILES string of the molecule is O=C1COc2ccc(-c3csc(=Nc4cccnc4)n3N=Cc3ccc(Cl)c([N+](=O)[O-])c3)cc2N1. The number of halogens is 1. The molecule has 1 aliphatic rings. The molecule has 2 aromatic heterocycles. The molecular formula is C23H15ClN6O4S. The van der Waals surface area contributed by atoms with Crippen molar-refractivity contribution < 1.29 is 14.5 Å². The number of carbonyl (C=O) groups is 1. The zero-order valence-electron chi connectivity index (χ0n) is 17.8. The lowest BCUT2D eigenvalue weighted by Gasteiger charge is -2.18. The molecule has 0 radical (unpaired) electrons. The minimum Gasteiger partial charge on any atom is -0.482 e. The van der Waals surface area contributed by atoms with Gasteiger partial charge in [-0.25, -0.2) is 9.67 Å². The molecule has 0 unspecified atom stereocenters. The summed E-state index contributed by atoms with van der Waals surface area (Å²) >= 11 is 7.29. The van der Waals surface area contributed by atoms with Crippen LogP contribution in [0.25, 0.3) is 11.3 Å². The number of pyridine rings is 1. The molecule has 2 aromatic carbocycles. The first-order valence-corrected chi connectivity index (χ1v) is 11.4. The highest BCUT2D eigenvalue weighted by Crippen LogP contribution is 2.33. The number of benzene rings is 2.